The summed E-state index contributed by atoms with van der Waals surface area (Å²) in [6.07, 6.45) is 1.10. The van der Waals surface area contributed by atoms with Crippen molar-refractivity contribution >= 4 is 45.8 Å². The molecule has 1 fully saturated rings. The van der Waals surface area contributed by atoms with Crippen molar-refractivity contribution in [1.29, 1.82) is 0 Å². The first-order valence-electron chi connectivity index (χ1n) is 10.9. The van der Waals surface area contributed by atoms with E-state index in [9.17, 15) is 29.6 Å². The molecule has 2 unspecified atom stereocenters. The highest BCUT2D eigenvalue weighted by Gasteiger charge is 2.43. The monoisotopic (exact) mass is 459 g/mol. The maximum Gasteiger partial charge on any atom is 0.266 e. The fourth-order valence-electron chi connectivity index (χ4n) is 4.96. The molecule has 2 atom stereocenters. The largest absolute Gasteiger partial charge is 0.595 e. The third-order valence-corrected chi connectivity index (χ3v) is 6.84. The van der Waals surface area contributed by atoms with E-state index >= 15 is 0 Å². The van der Waals surface area contributed by atoms with Crippen LogP contribution in [0.1, 0.15) is 52.5 Å². The lowest BCUT2D eigenvalue weighted by Crippen LogP contribution is -2.99. The van der Waals surface area contributed by atoms with Gasteiger partial charge in [0.05, 0.1) is 16.7 Å². The van der Waals surface area contributed by atoms with Gasteiger partial charge in [0.2, 0.25) is 11.8 Å². The molecular weight excluding hydrogens is 438 g/mol. The minimum Gasteiger partial charge on any atom is -0.595 e. The fourth-order valence-corrected chi connectivity index (χ4v) is 4.96. The van der Waals surface area contributed by atoms with E-state index < -0.39 is 22.5 Å². The minimum absolute atomic E-state index is 0.0413. The number of amides is 4. The number of anilines is 1. The van der Waals surface area contributed by atoms with E-state index in [4.69, 9.17) is 0 Å². The Bertz CT molecular complexity index is 1380. The zero-order valence-electron chi connectivity index (χ0n) is 18.3. The number of carbonyl (C=O) groups excluding carboxylic acids is 4. The maximum absolute atomic E-state index is 13.4. The average Bonchev–Trinajstić information content (AvgIpc) is 2.83. The summed E-state index contributed by atoms with van der Waals surface area (Å²) in [5.74, 6) is -1.78. The van der Waals surface area contributed by atoms with E-state index in [0.29, 0.717) is 40.4 Å². The normalized spacial score (nSPS) is 21.1. The summed E-state index contributed by atoms with van der Waals surface area (Å²) in [4.78, 5) is 52.0. The summed E-state index contributed by atoms with van der Waals surface area (Å²) in [5.41, 5.74) is 0.543. The van der Waals surface area contributed by atoms with Crippen LogP contribution in [0, 0.1) is 5.21 Å². The van der Waals surface area contributed by atoms with Crippen molar-refractivity contribution in [2.24, 2.45) is 0 Å². The molecule has 3 N–H and O–H groups in total. The minimum atomic E-state index is -1.17. The molecule has 9 heteroatoms. The molecule has 0 aromatic heterocycles. The first-order chi connectivity index (χ1) is 16.3. The molecule has 3 aromatic rings. The second-order valence-corrected chi connectivity index (χ2v) is 8.54. The van der Waals surface area contributed by atoms with Crippen molar-refractivity contribution in [2.45, 2.75) is 31.6 Å². The second-order valence-electron chi connectivity index (χ2n) is 8.54. The van der Waals surface area contributed by atoms with Crippen molar-refractivity contribution in [3.05, 3.63) is 76.5 Å². The molecule has 2 aliphatic heterocycles. The molecule has 0 radical (unpaired) electrons. The number of hydrogen-bond acceptors (Lipinski definition) is 6. The number of rotatable bonds is 4. The lowest BCUT2D eigenvalue weighted by Gasteiger charge is -2.35. The fraction of sp³-hybridized carbons (Fsp3) is 0.200. The number of piperidine rings is 1. The number of quaternary nitrogens is 1. The van der Waals surface area contributed by atoms with Crippen LogP contribution in [0.4, 0.5) is 11.4 Å². The Morgan fingerprint density at radius 1 is 1.03 bits per heavy atom. The van der Waals surface area contributed by atoms with E-state index in [-0.39, 0.29) is 29.5 Å². The maximum atomic E-state index is 13.4. The van der Waals surface area contributed by atoms with Crippen molar-refractivity contribution in [1.82, 2.24) is 5.32 Å². The summed E-state index contributed by atoms with van der Waals surface area (Å²) in [6.45, 7) is 1.87. The SMILES string of the molecule is CCC1(c2ccc(N3C(=O)c4cccc5cc([NH+]([O-])O)cc(c45)C3=O)cc2)CCC(=O)NC1=O. The van der Waals surface area contributed by atoms with Gasteiger partial charge in [0.1, 0.15) is 0 Å². The molecule has 34 heavy (non-hydrogen) atoms. The van der Waals surface area contributed by atoms with Crippen LogP contribution in [-0.2, 0) is 15.0 Å². The molecular formula is C25H21N3O6. The molecule has 2 aliphatic rings. The smallest absolute Gasteiger partial charge is 0.266 e. The zero-order chi connectivity index (χ0) is 24.2. The molecule has 0 aliphatic carbocycles. The summed E-state index contributed by atoms with van der Waals surface area (Å²) in [5, 5.41) is 23.2. The number of carbonyl (C=O) groups is 4. The van der Waals surface area contributed by atoms with Crippen LogP contribution in [0.25, 0.3) is 10.8 Å². The summed E-state index contributed by atoms with van der Waals surface area (Å²) in [7, 11) is 0. The van der Waals surface area contributed by atoms with Gasteiger partial charge in [0.25, 0.3) is 11.8 Å². The van der Waals surface area contributed by atoms with Gasteiger partial charge >= 0.3 is 0 Å². The van der Waals surface area contributed by atoms with E-state index in [0.717, 1.165) is 4.90 Å². The van der Waals surface area contributed by atoms with Gasteiger partial charge in [-0.25, -0.2) is 10.1 Å². The van der Waals surface area contributed by atoms with Crippen LogP contribution < -0.4 is 15.4 Å². The van der Waals surface area contributed by atoms with Gasteiger partial charge in [-0.3, -0.25) is 24.5 Å². The van der Waals surface area contributed by atoms with Crippen molar-refractivity contribution in [2.75, 3.05) is 4.90 Å². The lowest BCUT2D eigenvalue weighted by atomic mass is 9.72. The number of nitrogens with zero attached hydrogens (tertiary/aromatic N) is 1. The van der Waals surface area contributed by atoms with E-state index in [1.54, 1.807) is 42.5 Å². The van der Waals surface area contributed by atoms with Crippen LogP contribution in [0.15, 0.2) is 54.6 Å². The Kier molecular flexibility index (Phi) is 5.05. The van der Waals surface area contributed by atoms with Crippen LogP contribution >= 0.6 is 0 Å². The van der Waals surface area contributed by atoms with Crippen molar-refractivity contribution < 1.29 is 29.6 Å². The molecule has 0 spiro atoms. The number of imide groups is 2. The quantitative estimate of drug-likeness (QED) is 0.405. The summed E-state index contributed by atoms with van der Waals surface area (Å²) in [6, 6.07) is 14.2. The van der Waals surface area contributed by atoms with Gasteiger partial charge in [-0.2, -0.15) is 5.23 Å². The van der Waals surface area contributed by atoms with Crippen LogP contribution in [0.3, 0.4) is 0 Å². The number of benzene rings is 3. The Balaban J connectivity index is 1.57. The summed E-state index contributed by atoms with van der Waals surface area (Å²) < 4.78 is 0. The van der Waals surface area contributed by atoms with Crippen molar-refractivity contribution in [3.8, 4) is 0 Å². The first-order valence-corrected chi connectivity index (χ1v) is 10.9. The zero-order valence-corrected chi connectivity index (χ0v) is 18.3. The highest BCUT2D eigenvalue weighted by Crippen LogP contribution is 2.38. The van der Waals surface area contributed by atoms with E-state index in [2.05, 4.69) is 5.32 Å². The Labute approximate surface area is 194 Å². The molecule has 1 saturated heterocycles. The van der Waals surface area contributed by atoms with Gasteiger partial charge in [-0.15, -0.1) is 0 Å². The van der Waals surface area contributed by atoms with Crippen LogP contribution in [0.5, 0.6) is 0 Å². The molecule has 2 heterocycles. The lowest BCUT2D eigenvalue weighted by molar-refractivity contribution is -0.991. The standard InChI is InChI=1S/C25H21N3O6/c1-2-25(11-10-20(29)26-24(25)32)15-6-8-16(9-7-15)27-22(30)18-5-3-4-14-12-17(28(33)34)13-19(21(14)18)23(27)31/h3-9,12-13,28,33H,2,10-11H2,1H3,(H,26,29,32). The second kappa shape index (κ2) is 7.84. The Morgan fingerprint density at radius 3 is 2.38 bits per heavy atom. The predicted molar refractivity (Wildman–Crippen MR) is 122 cm³/mol. The molecule has 172 valence electrons. The predicted octanol–water partition coefficient (Wildman–Crippen LogP) is 2.13. The van der Waals surface area contributed by atoms with Gasteiger partial charge in [-0.05, 0) is 42.0 Å². The molecule has 3 aromatic carbocycles. The average molecular weight is 459 g/mol. The first kappa shape index (κ1) is 21.9. The Hall–Kier alpha value is -3.92. The van der Waals surface area contributed by atoms with Gasteiger partial charge in [-0.1, -0.05) is 31.2 Å². The number of nitrogens with one attached hydrogen (secondary N) is 2. The van der Waals surface area contributed by atoms with Crippen LogP contribution in [-0.4, -0.2) is 28.8 Å². The highest BCUT2D eigenvalue weighted by molar-refractivity contribution is 6.36. The van der Waals surface area contributed by atoms with Gasteiger partial charge in [0.15, 0.2) is 5.69 Å². The van der Waals surface area contributed by atoms with Crippen LogP contribution in [0.2, 0.25) is 0 Å². The topological polar surface area (TPSA) is 131 Å². The molecule has 4 amide bonds. The molecule has 0 saturated carbocycles. The Morgan fingerprint density at radius 2 is 1.74 bits per heavy atom. The third kappa shape index (κ3) is 3.13. The highest BCUT2D eigenvalue weighted by atomic mass is 16.8. The summed E-state index contributed by atoms with van der Waals surface area (Å²) >= 11 is 0. The molecule has 5 rings (SSSR count). The van der Waals surface area contributed by atoms with E-state index in [1.807, 2.05) is 6.92 Å². The number of hydrogen-bond donors (Lipinski definition) is 3. The van der Waals surface area contributed by atoms with Crippen molar-refractivity contribution in [3.63, 3.8) is 0 Å². The van der Waals surface area contributed by atoms with Gasteiger partial charge < -0.3 is 5.21 Å². The molecule has 0 bridgehead atoms. The van der Waals surface area contributed by atoms with E-state index in [1.165, 1.54) is 12.1 Å². The molecule has 9 nitrogen and oxygen atoms in total. The van der Waals surface area contributed by atoms with Gasteiger partial charge in [0, 0.05) is 29.5 Å². The third-order valence-electron chi connectivity index (χ3n) is 6.84.